The Labute approximate surface area is 182 Å². The van der Waals surface area contributed by atoms with Crippen molar-refractivity contribution in [2.75, 3.05) is 31.0 Å². The maximum absolute atomic E-state index is 13.0. The van der Waals surface area contributed by atoms with Crippen molar-refractivity contribution in [3.8, 4) is 5.88 Å². The summed E-state index contributed by atoms with van der Waals surface area (Å²) in [6, 6.07) is 7.53. The van der Waals surface area contributed by atoms with E-state index >= 15 is 0 Å². The second-order valence-electron chi connectivity index (χ2n) is 9.02. The number of pyridine rings is 2. The summed E-state index contributed by atoms with van der Waals surface area (Å²) in [6.07, 6.45) is 5.44. The molecule has 0 radical (unpaired) electrons. The van der Waals surface area contributed by atoms with Crippen molar-refractivity contribution >= 4 is 22.5 Å². The summed E-state index contributed by atoms with van der Waals surface area (Å²) in [5.41, 5.74) is 7.34. The summed E-state index contributed by atoms with van der Waals surface area (Å²) >= 11 is 0. The van der Waals surface area contributed by atoms with Crippen LogP contribution >= 0.6 is 0 Å². The molecule has 3 saturated heterocycles. The molecule has 0 spiro atoms. The molecule has 2 aromatic heterocycles. The van der Waals surface area contributed by atoms with Crippen molar-refractivity contribution in [3.05, 3.63) is 18.2 Å². The highest BCUT2D eigenvalue weighted by molar-refractivity contribution is 5.91. The lowest BCUT2D eigenvalue weighted by Gasteiger charge is -2.39. The van der Waals surface area contributed by atoms with Crippen LogP contribution in [0.4, 0.5) is 16.0 Å². The summed E-state index contributed by atoms with van der Waals surface area (Å²) < 4.78 is 18.3. The number of nitrogens with zero attached hydrogens (tertiary/aromatic N) is 3. The number of anilines is 2. The topological polar surface area (TPSA) is 86.4 Å². The Morgan fingerprint density at radius 3 is 2.61 bits per heavy atom. The summed E-state index contributed by atoms with van der Waals surface area (Å²) in [6.45, 7) is 2.44. The van der Waals surface area contributed by atoms with Gasteiger partial charge in [0.25, 0.3) is 0 Å². The maximum atomic E-state index is 13.0. The number of rotatable bonds is 7. The number of fused-ring (bicyclic) bond motifs is 3. The molecule has 2 bridgehead atoms. The molecule has 5 rings (SSSR count). The van der Waals surface area contributed by atoms with Crippen molar-refractivity contribution in [2.24, 2.45) is 0 Å². The van der Waals surface area contributed by atoms with Gasteiger partial charge < -0.3 is 15.4 Å². The van der Waals surface area contributed by atoms with E-state index in [0.717, 1.165) is 54.6 Å². The number of ether oxygens (including phenoxy) is 1. The first-order valence-corrected chi connectivity index (χ1v) is 11.3. The predicted octanol–water partition coefficient (Wildman–Crippen LogP) is 2.64. The van der Waals surface area contributed by atoms with Gasteiger partial charge in [-0.25, -0.2) is 19.8 Å². The number of hydrazine groups is 1. The van der Waals surface area contributed by atoms with Crippen LogP contribution < -0.4 is 26.2 Å². The van der Waals surface area contributed by atoms with Gasteiger partial charge in [0.05, 0.1) is 18.8 Å². The molecule has 168 valence electrons. The largest absolute Gasteiger partial charge is 0.481 e. The van der Waals surface area contributed by atoms with Crippen LogP contribution in [0.15, 0.2) is 18.2 Å². The van der Waals surface area contributed by atoms with Crippen LogP contribution in [0.5, 0.6) is 5.88 Å². The number of hydrogen-bond donors (Lipinski definition) is 4. The van der Waals surface area contributed by atoms with Crippen LogP contribution in [0.1, 0.15) is 39.0 Å². The van der Waals surface area contributed by atoms with E-state index in [1.165, 1.54) is 0 Å². The number of alkyl halides is 1. The Balaban J connectivity index is 1.40. The third kappa shape index (κ3) is 4.26. The monoisotopic (exact) mass is 429 g/mol. The molecule has 3 aliphatic heterocycles. The van der Waals surface area contributed by atoms with Gasteiger partial charge in [-0.3, -0.25) is 10.3 Å². The summed E-state index contributed by atoms with van der Waals surface area (Å²) in [5.74, 6) is 2.21. The smallest absolute Gasteiger partial charge is 0.213 e. The minimum atomic E-state index is -0.263. The molecule has 4 N–H and O–H groups in total. The van der Waals surface area contributed by atoms with Gasteiger partial charge in [0.1, 0.15) is 18.3 Å². The van der Waals surface area contributed by atoms with Crippen LogP contribution in [0, 0.1) is 0 Å². The molecule has 9 heteroatoms. The Kier molecular flexibility index (Phi) is 5.81. The fraction of sp³-hybridized carbons (Fsp3) is 0.636. The minimum absolute atomic E-state index is 0.109. The van der Waals surface area contributed by atoms with Crippen molar-refractivity contribution in [2.45, 2.75) is 69.4 Å². The van der Waals surface area contributed by atoms with E-state index in [0.29, 0.717) is 36.6 Å². The number of halogens is 1. The molecule has 5 heterocycles. The predicted molar refractivity (Wildman–Crippen MR) is 120 cm³/mol. The van der Waals surface area contributed by atoms with E-state index in [-0.39, 0.29) is 12.8 Å². The molecule has 3 fully saturated rings. The summed E-state index contributed by atoms with van der Waals surface area (Å²) in [4.78, 5) is 11.9. The van der Waals surface area contributed by atoms with Gasteiger partial charge in [-0.05, 0) is 45.1 Å². The lowest BCUT2D eigenvalue weighted by atomic mass is 9.97. The molecule has 2 aromatic rings. The molecule has 0 saturated carbocycles. The molecule has 0 amide bonds. The van der Waals surface area contributed by atoms with Crippen molar-refractivity contribution in [1.29, 1.82) is 0 Å². The highest BCUT2D eigenvalue weighted by Crippen LogP contribution is 2.37. The average molecular weight is 430 g/mol. The molecular weight excluding hydrogens is 397 g/mol. The molecule has 8 nitrogen and oxygen atoms in total. The Morgan fingerprint density at radius 2 is 1.94 bits per heavy atom. The highest BCUT2D eigenvalue weighted by atomic mass is 19.1. The van der Waals surface area contributed by atoms with Gasteiger partial charge in [0.2, 0.25) is 5.88 Å². The quantitative estimate of drug-likeness (QED) is 0.535. The number of piperidine rings is 1. The Bertz CT molecular complexity index is 914. The standard InChI is InChI=1S/C22H32FN7O/c1-13-9-20(29-28-13)26-19-12-18-17(5-6-21(25-18)31-2)22(27-19)24-14-10-15-3-4-16(11-14)30(15)8-7-23/h5-6,12-16,20,28-29H,3-4,7-11H2,1-2H3,(H2,24,26,27)/t13?,14?,15-,16+,20?. The molecule has 3 aliphatic rings. The molecular formula is C22H32FN7O. The second-order valence-corrected chi connectivity index (χ2v) is 9.02. The third-order valence-electron chi connectivity index (χ3n) is 6.85. The lowest BCUT2D eigenvalue weighted by molar-refractivity contribution is 0.123. The molecule has 0 aliphatic carbocycles. The fourth-order valence-electron chi connectivity index (χ4n) is 5.44. The second kappa shape index (κ2) is 8.72. The van der Waals surface area contributed by atoms with E-state index < -0.39 is 0 Å². The zero-order valence-corrected chi connectivity index (χ0v) is 18.2. The summed E-state index contributed by atoms with van der Waals surface area (Å²) in [5, 5.41) is 8.17. The van der Waals surface area contributed by atoms with E-state index in [4.69, 9.17) is 9.72 Å². The molecule has 3 unspecified atom stereocenters. The van der Waals surface area contributed by atoms with Crippen LogP contribution in [0.2, 0.25) is 0 Å². The first-order valence-electron chi connectivity index (χ1n) is 11.3. The number of aromatic nitrogens is 2. The Morgan fingerprint density at radius 1 is 1.13 bits per heavy atom. The van der Waals surface area contributed by atoms with Crippen molar-refractivity contribution in [3.63, 3.8) is 0 Å². The maximum Gasteiger partial charge on any atom is 0.213 e. The zero-order valence-electron chi connectivity index (χ0n) is 18.2. The molecule has 0 aromatic carbocycles. The van der Waals surface area contributed by atoms with E-state index in [1.807, 2.05) is 18.2 Å². The highest BCUT2D eigenvalue weighted by Gasteiger charge is 2.40. The number of methoxy groups -OCH3 is 1. The van der Waals surface area contributed by atoms with Crippen LogP contribution in [0.25, 0.3) is 10.9 Å². The van der Waals surface area contributed by atoms with Crippen LogP contribution in [-0.4, -0.2) is 65.5 Å². The van der Waals surface area contributed by atoms with Gasteiger partial charge in [0.15, 0.2) is 0 Å². The van der Waals surface area contributed by atoms with Gasteiger partial charge in [-0.15, -0.1) is 0 Å². The van der Waals surface area contributed by atoms with Crippen molar-refractivity contribution in [1.82, 2.24) is 25.7 Å². The van der Waals surface area contributed by atoms with E-state index in [2.05, 4.69) is 38.3 Å². The third-order valence-corrected chi connectivity index (χ3v) is 6.85. The van der Waals surface area contributed by atoms with Gasteiger partial charge in [-0.1, -0.05) is 0 Å². The molecule has 5 atom stereocenters. The van der Waals surface area contributed by atoms with Gasteiger partial charge >= 0.3 is 0 Å². The first kappa shape index (κ1) is 20.7. The van der Waals surface area contributed by atoms with Crippen LogP contribution in [0.3, 0.4) is 0 Å². The van der Waals surface area contributed by atoms with E-state index in [1.54, 1.807) is 7.11 Å². The SMILES string of the molecule is COc1ccc2c(NC3C[C@H]4CC[C@@H](C3)N4CCF)nc(NC3CC(C)NN3)cc2n1. The van der Waals surface area contributed by atoms with Gasteiger partial charge in [0, 0.05) is 48.2 Å². The molecule has 31 heavy (non-hydrogen) atoms. The van der Waals surface area contributed by atoms with Crippen molar-refractivity contribution < 1.29 is 9.13 Å². The average Bonchev–Trinajstić information content (AvgIpc) is 3.26. The zero-order chi connectivity index (χ0) is 21.4. The number of hydrogen-bond acceptors (Lipinski definition) is 8. The normalized spacial score (nSPS) is 30.6. The summed E-state index contributed by atoms with van der Waals surface area (Å²) in [7, 11) is 1.63. The van der Waals surface area contributed by atoms with E-state index in [9.17, 15) is 4.39 Å². The Hall–Kier alpha value is -2.23. The lowest BCUT2D eigenvalue weighted by Crippen LogP contribution is -2.47. The van der Waals surface area contributed by atoms with Gasteiger partial charge in [-0.2, -0.15) is 0 Å². The van der Waals surface area contributed by atoms with Crippen LogP contribution in [-0.2, 0) is 0 Å². The fourth-order valence-corrected chi connectivity index (χ4v) is 5.44. The first-order chi connectivity index (χ1) is 15.1. The number of nitrogens with one attached hydrogen (secondary N) is 4. The minimum Gasteiger partial charge on any atom is -0.481 e.